The Hall–Kier alpha value is -1.11. The van der Waals surface area contributed by atoms with Crippen LogP contribution in [0.3, 0.4) is 0 Å². The highest BCUT2D eigenvalue weighted by molar-refractivity contribution is 6.02. The third-order valence-electron chi connectivity index (χ3n) is 3.73. The largest absolute Gasteiger partial charge is 0.294 e. The SMILES string of the molecule is CCc1cc(CC)c(C(=O)C2CC2)c(CC)c1. The van der Waals surface area contributed by atoms with Crippen molar-refractivity contribution in [3.8, 4) is 0 Å². The maximum atomic E-state index is 12.4. The van der Waals surface area contributed by atoms with Crippen molar-refractivity contribution in [3.63, 3.8) is 0 Å². The van der Waals surface area contributed by atoms with Crippen LogP contribution in [0.2, 0.25) is 0 Å². The van der Waals surface area contributed by atoms with Gasteiger partial charge in [0.25, 0.3) is 0 Å². The average Bonchev–Trinajstić information content (AvgIpc) is 3.20. The molecule has 0 unspecified atom stereocenters. The monoisotopic (exact) mass is 230 g/mol. The van der Waals surface area contributed by atoms with Crippen molar-refractivity contribution in [1.29, 1.82) is 0 Å². The summed E-state index contributed by atoms with van der Waals surface area (Å²) in [5.74, 6) is 0.736. The first kappa shape index (κ1) is 12.3. The molecule has 0 aliphatic heterocycles. The van der Waals surface area contributed by atoms with Gasteiger partial charge in [-0.3, -0.25) is 4.79 Å². The van der Waals surface area contributed by atoms with E-state index in [-0.39, 0.29) is 0 Å². The van der Waals surface area contributed by atoms with Crippen LogP contribution in [0.1, 0.15) is 60.7 Å². The summed E-state index contributed by atoms with van der Waals surface area (Å²) >= 11 is 0. The molecular weight excluding hydrogens is 208 g/mol. The number of carbonyl (C=O) groups is 1. The first-order valence-electron chi connectivity index (χ1n) is 6.90. The molecule has 0 saturated heterocycles. The van der Waals surface area contributed by atoms with E-state index in [0.717, 1.165) is 37.7 Å². The molecule has 92 valence electrons. The average molecular weight is 230 g/mol. The molecule has 1 aromatic carbocycles. The molecule has 0 bridgehead atoms. The number of aryl methyl sites for hydroxylation is 3. The van der Waals surface area contributed by atoms with Crippen LogP contribution < -0.4 is 0 Å². The quantitative estimate of drug-likeness (QED) is 0.700. The molecule has 1 nitrogen and oxygen atoms in total. The van der Waals surface area contributed by atoms with Crippen LogP contribution in [0, 0.1) is 5.92 Å². The normalized spacial score (nSPS) is 15.0. The van der Waals surface area contributed by atoms with Crippen LogP contribution in [0.5, 0.6) is 0 Å². The van der Waals surface area contributed by atoms with Crippen LogP contribution in [-0.2, 0) is 19.3 Å². The molecule has 1 fully saturated rings. The molecule has 0 radical (unpaired) electrons. The Labute approximate surface area is 104 Å². The predicted molar refractivity (Wildman–Crippen MR) is 71.6 cm³/mol. The standard InChI is InChI=1S/C16H22O/c1-4-11-9-12(5-2)15(13(6-3)10-11)16(17)14-7-8-14/h9-10,14H,4-8H2,1-3H3. The molecule has 1 aliphatic carbocycles. The lowest BCUT2D eigenvalue weighted by Crippen LogP contribution is -2.10. The molecule has 1 saturated carbocycles. The molecule has 0 aromatic heterocycles. The van der Waals surface area contributed by atoms with Crippen LogP contribution in [0.4, 0.5) is 0 Å². The number of rotatable bonds is 5. The first-order chi connectivity index (χ1) is 8.21. The zero-order chi connectivity index (χ0) is 12.4. The molecular formula is C16H22O. The van der Waals surface area contributed by atoms with Gasteiger partial charge in [0.1, 0.15) is 0 Å². The molecule has 1 aromatic rings. The van der Waals surface area contributed by atoms with Gasteiger partial charge in [-0.2, -0.15) is 0 Å². The van der Waals surface area contributed by atoms with Crippen molar-refractivity contribution in [1.82, 2.24) is 0 Å². The fourth-order valence-corrected chi connectivity index (χ4v) is 2.47. The summed E-state index contributed by atoms with van der Waals surface area (Å²) in [6.45, 7) is 6.48. The molecule has 0 spiro atoms. The van der Waals surface area contributed by atoms with Crippen molar-refractivity contribution < 1.29 is 4.79 Å². The van der Waals surface area contributed by atoms with Gasteiger partial charge in [-0.15, -0.1) is 0 Å². The Bertz CT molecular complexity index is 402. The summed E-state index contributed by atoms with van der Waals surface area (Å²) in [5, 5.41) is 0. The highest BCUT2D eigenvalue weighted by atomic mass is 16.1. The maximum absolute atomic E-state index is 12.4. The highest BCUT2D eigenvalue weighted by Gasteiger charge is 2.32. The van der Waals surface area contributed by atoms with E-state index in [4.69, 9.17) is 0 Å². The molecule has 17 heavy (non-hydrogen) atoms. The van der Waals surface area contributed by atoms with E-state index >= 15 is 0 Å². The van der Waals surface area contributed by atoms with Gasteiger partial charge in [0, 0.05) is 11.5 Å². The Morgan fingerprint density at radius 2 is 1.59 bits per heavy atom. The van der Waals surface area contributed by atoms with Crippen LogP contribution in [0.15, 0.2) is 12.1 Å². The first-order valence-corrected chi connectivity index (χ1v) is 6.90. The molecule has 1 aliphatic rings. The van der Waals surface area contributed by atoms with Crippen LogP contribution >= 0.6 is 0 Å². The Morgan fingerprint density at radius 1 is 1.06 bits per heavy atom. The van der Waals surface area contributed by atoms with Crippen molar-refractivity contribution in [2.45, 2.75) is 52.9 Å². The van der Waals surface area contributed by atoms with E-state index in [1.807, 2.05) is 0 Å². The van der Waals surface area contributed by atoms with E-state index in [9.17, 15) is 4.79 Å². The van der Waals surface area contributed by atoms with Crippen molar-refractivity contribution in [2.24, 2.45) is 5.92 Å². The molecule has 0 atom stereocenters. The fourth-order valence-electron chi connectivity index (χ4n) is 2.47. The molecule has 0 amide bonds. The minimum Gasteiger partial charge on any atom is -0.294 e. The summed E-state index contributed by atoms with van der Waals surface area (Å²) in [7, 11) is 0. The Kier molecular flexibility index (Phi) is 3.66. The summed E-state index contributed by atoms with van der Waals surface area (Å²) < 4.78 is 0. The molecule has 0 heterocycles. The number of hydrogen-bond acceptors (Lipinski definition) is 1. The van der Waals surface area contributed by atoms with E-state index in [1.165, 1.54) is 16.7 Å². The lowest BCUT2D eigenvalue weighted by atomic mass is 9.90. The van der Waals surface area contributed by atoms with Gasteiger partial charge in [0.05, 0.1) is 0 Å². The van der Waals surface area contributed by atoms with Gasteiger partial charge < -0.3 is 0 Å². The Balaban J connectivity index is 2.49. The van der Waals surface area contributed by atoms with Gasteiger partial charge in [0.2, 0.25) is 0 Å². The predicted octanol–water partition coefficient (Wildman–Crippen LogP) is 3.97. The third-order valence-corrected chi connectivity index (χ3v) is 3.73. The molecule has 0 N–H and O–H groups in total. The summed E-state index contributed by atoms with van der Waals surface area (Å²) in [6, 6.07) is 4.46. The van der Waals surface area contributed by atoms with E-state index < -0.39 is 0 Å². The minimum absolute atomic E-state index is 0.332. The van der Waals surface area contributed by atoms with Crippen molar-refractivity contribution in [2.75, 3.05) is 0 Å². The van der Waals surface area contributed by atoms with Crippen molar-refractivity contribution in [3.05, 3.63) is 34.4 Å². The number of carbonyl (C=O) groups excluding carboxylic acids is 1. The molecule has 1 heteroatoms. The second-order valence-corrected chi connectivity index (χ2v) is 4.99. The smallest absolute Gasteiger partial charge is 0.166 e. The summed E-state index contributed by atoms with van der Waals surface area (Å²) in [4.78, 5) is 12.4. The lowest BCUT2D eigenvalue weighted by molar-refractivity contribution is 0.0966. The number of hydrogen-bond donors (Lipinski definition) is 0. The van der Waals surface area contributed by atoms with Crippen LogP contribution in [-0.4, -0.2) is 5.78 Å². The number of ketones is 1. The third kappa shape index (κ3) is 2.43. The van der Waals surface area contributed by atoms with Gasteiger partial charge in [-0.1, -0.05) is 32.9 Å². The number of benzene rings is 1. The van der Waals surface area contributed by atoms with E-state index in [2.05, 4.69) is 32.9 Å². The number of Topliss-reactive ketones (excluding diaryl/α,β-unsaturated/α-hetero) is 1. The van der Waals surface area contributed by atoms with Crippen molar-refractivity contribution >= 4 is 5.78 Å². The zero-order valence-corrected chi connectivity index (χ0v) is 11.2. The Morgan fingerprint density at radius 3 is 1.94 bits per heavy atom. The topological polar surface area (TPSA) is 17.1 Å². The second-order valence-electron chi connectivity index (χ2n) is 4.99. The van der Waals surface area contributed by atoms with Gasteiger partial charge >= 0.3 is 0 Å². The fraction of sp³-hybridized carbons (Fsp3) is 0.562. The second kappa shape index (κ2) is 5.03. The molecule has 2 rings (SSSR count). The van der Waals surface area contributed by atoms with Crippen LogP contribution in [0.25, 0.3) is 0 Å². The summed E-state index contributed by atoms with van der Waals surface area (Å²) in [6.07, 6.45) is 5.18. The maximum Gasteiger partial charge on any atom is 0.166 e. The van der Waals surface area contributed by atoms with Gasteiger partial charge in [-0.25, -0.2) is 0 Å². The van der Waals surface area contributed by atoms with E-state index in [0.29, 0.717) is 11.7 Å². The van der Waals surface area contributed by atoms with E-state index in [1.54, 1.807) is 0 Å². The summed E-state index contributed by atoms with van der Waals surface area (Å²) in [5.41, 5.74) is 4.94. The van der Waals surface area contributed by atoms with Gasteiger partial charge in [-0.05, 0) is 48.8 Å². The van der Waals surface area contributed by atoms with Gasteiger partial charge in [0.15, 0.2) is 5.78 Å². The highest BCUT2D eigenvalue weighted by Crippen LogP contribution is 2.35. The lowest BCUT2D eigenvalue weighted by Gasteiger charge is -2.14. The minimum atomic E-state index is 0.332. The zero-order valence-electron chi connectivity index (χ0n) is 11.2.